The molecule has 1 atom stereocenters. The summed E-state index contributed by atoms with van der Waals surface area (Å²) in [4.78, 5) is 6.09. The number of hydrogen-bond donors (Lipinski definition) is 1. The van der Waals surface area contributed by atoms with Gasteiger partial charge in [0.1, 0.15) is 5.82 Å². The molecule has 2 aromatic rings. The summed E-state index contributed by atoms with van der Waals surface area (Å²) in [7, 11) is -1.53. The molecule has 23 heavy (non-hydrogen) atoms. The van der Waals surface area contributed by atoms with Gasteiger partial charge >= 0.3 is 6.55 Å². The number of sulfonamides is 1. The number of nitrogens with zero attached hydrogens (tertiary/aromatic N) is 3. The first-order chi connectivity index (χ1) is 10.7. The van der Waals surface area contributed by atoms with E-state index in [4.69, 9.17) is 0 Å². The van der Waals surface area contributed by atoms with Crippen LogP contribution in [0.25, 0.3) is 11.0 Å². The van der Waals surface area contributed by atoms with Crippen molar-refractivity contribution in [2.75, 3.05) is 26.4 Å². The van der Waals surface area contributed by atoms with Gasteiger partial charge in [0.2, 0.25) is 10.0 Å². The van der Waals surface area contributed by atoms with E-state index in [1.165, 1.54) is 0 Å². The van der Waals surface area contributed by atoms with E-state index >= 15 is 0 Å². The maximum atomic E-state index is 13.4. The fourth-order valence-corrected chi connectivity index (χ4v) is 2.82. The summed E-state index contributed by atoms with van der Waals surface area (Å²) in [5, 5.41) is 0. The Morgan fingerprint density at radius 1 is 1.35 bits per heavy atom. The zero-order chi connectivity index (χ0) is 17.2. The lowest BCUT2D eigenvalue weighted by Crippen LogP contribution is -2.34. The summed E-state index contributed by atoms with van der Waals surface area (Å²) in [6.07, 6.45) is 1.08. The largest absolute Gasteiger partial charge is 0.320 e. The first kappa shape index (κ1) is 17.8. The van der Waals surface area contributed by atoms with Crippen molar-refractivity contribution in [3.8, 4) is 0 Å². The average Bonchev–Trinajstić information content (AvgIpc) is 2.84. The SMILES string of the molecule is C[C@@H](c1nc2ccccc2n1C(F)F)N(C)CCNS(C)(=O)=O. The van der Waals surface area contributed by atoms with Gasteiger partial charge in [-0.05, 0) is 26.1 Å². The van der Waals surface area contributed by atoms with Crippen molar-refractivity contribution in [3.63, 3.8) is 0 Å². The number of nitrogens with one attached hydrogen (secondary N) is 1. The lowest BCUT2D eigenvalue weighted by atomic mass is 10.2. The Morgan fingerprint density at radius 2 is 2.00 bits per heavy atom. The van der Waals surface area contributed by atoms with Crippen LogP contribution in [-0.2, 0) is 10.0 Å². The highest BCUT2D eigenvalue weighted by Gasteiger charge is 2.24. The summed E-state index contributed by atoms with van der Waals surface area (Å²) in [5.74, 6) is 0.253. The summed E-state index contributed by atoms with van der Waals surface area (Å²) < 4.78 is 52.3. The molecular weight excluding hydrogens is 326 g/mol. The number of halogens is 2. The number of aromatic nitrogens is 2. The summed E-state index contributed by atoms with van der Waals surface area (Å²) >= 11 is 0. The highest BCUT2D eigenvalue weighted by atomic mass is 32.2. The molecule has 2 rings (SSSR count). The summed E-state index contributed by atoms with van der Waals surface area (Å²) in [5.41, 5.74) is 0.893. The van der Waals surface area contributed by atoms with Crippen LogP contribution in [0, 0.1) is 0 Å². The number of benzene rings is 1. The quantitative estimate of drug-likeness (QED) is 0.832. The second-order valence-electron chi connectivity index (χ2n) is 5.43. The predicted octanol–water partition coefficient (Wildman–Crippen LogP) is 1.97. The van der Waals surface area contributed by atoms with Gasteiger partial charge in [0.25, 0.3) is 0 Å². The van der Waals surface area contributed by atoms with Crippen LogP contribution in [0.2, 0.25) is 0 Å². The van der Waals surface area contributed by atoms with Crippen molar-refractivity contribution in [3.05, 3.63) is 30.1 Å². The van der Waals surface area contributed by atoms with Crippen LogP contribution < -0.4 is 4.72 Å². The highest BCUT2D eigenvalue weighted by molar-refractivity contribution is 7.88. The molecule has 6 nitrogen and oxygen atoms in total. The van der Waals surface area contributed by atoms with Gasteiger partial charge in [-0.3, -0.25) is 9.47 Å². The molecule has 0 aliphatic carbocycles. The summed E-state index contributed by atoms with van der Waals surface area (Å²) in [6.45, 7) is -0.349. The van der Waals surface area contributed by atoms with Gasteiger partial charge in [-0.25, -0.2) is 18.1 Å². The molecule has 0 radical (unpaired) electrons. The second kappa shape index (κ2) is 6.90. The minimum Gasteiger partial charge on any atom is -0.295 e. The molecule has 0 saturated heterocycles. The number of rotatable bonds is 7. The number of likely N-dealkylation sites (N-methyl/N-ethyl adjacent to an activating group) is 1. The number of imidazole rings is 1. The Morgan fingerprint density at radius 3 is 2.61 bits per heavy atom. The van der Waals surface area contributed by atoms with Crippen LogP contribution in [0.4, 0.5) is 8.78 Å². The Hall–Kier alpha value is -1.58. The van der Waals surface area contributed by atoms with Gasteiger partial charge in [0, 0.05) is 13.1 Å². The molecule has 0 spiro atoms. The smallest absolute Gasteiger partial charge is 0.295 e. The van der Waals surface area contributed by atoms with Crippen LogP contribution in [0.3, 0.4) is 0 Å². The fourth-order valence-electron chi connectivity index (χ4n) is 2.36. The monoisotopic (exact) mass is 346 g/mol. The normalized spacial score (nSPS) is 14.0. The maximum absolute atomic E-state index is 13.4. The number of alkyl halides is 2. The topological polar surface area (TPSA) is 67.2 Å². The van der Waals surface area contributed by atoms with E-state index in [0.717, 1.165) is 10.8 Å². The molecule has 1 heterocycles. The second-order valence-corrected chi connectivity index (χ2v) is 7.26. The first-order valence-electron chi connectivity index (χ1n) is 7.10. The van der Waals surface area contributed by atoms with E-state index in [1.807, 2.05) is 0 Å². The third kappa shape index (κ3) is 4.24. The van der Waals surface area contributed by atoms with Gasteiger partial charge in [0.05, 0.1) is 23.3 Å². The van der Waals surface area contributed by atoms with Crippen molar-refractivity contribution in [2.24, 2.45) is 0 Å². The lowest BCUT2D eigenvalue weighted by Gasteiger charge is -2.24. The number of fused-ring (bicyclic) bond motifs is 1. The van der Waals surface area contributed by atoms with Crippen LogP contribution in [0.1, 0.15) is 25.3 Å². The molecule has 0 saturated carbocycles. The third-order valence-corrected chi connectivity index (χ3v) is 4.41. The molecule has 0 aliphatic rings. The van der Waals surface area contributed by atoms with Crippen LogP contribution in [0.15, 0.2) is 24.3 Å². The zero-order valence-electron chi connectivity index (χ0n) is 13.2. The van der Waals surface area contributed by atoms with Gasteiger partial charge < -0.3 is 0 Å². The van der Waals surface area contributed by atoms with Gasteiger partial charge in [-0.15, -0.1) is 0 Å². The molecule has 0 fully saturated rings. The van der Waals surface area contributed by atoms with E-state index in [0.29, 0.717) is 17.6 Å². The third-order valence-electron chi connectivity index (χ3n) is 3.68. The molecule has 0 aliphatic heterocycles. The molecule has 1 aromatic carbocycles. The Labute approximate surface area is 134 Å². The maximum Gasteiger partial charge on any atom is 0.320 e. The minimum atomic E-state index is -3.27. The van der Waals surface area contributed by atoms with Crippen LogP contribution >= 0.6 is 0 Å². The standard InChI is InChI=1S/C14H20F2N4O2S/c1-10(19(2)9-8-17-23(3,21)22)13-18-11-6-4-5-7-12(11)20(13)14(15)16/h4-7,10,14,17H,8-9H2,1-3H3/t10-/m0/s1. The fraction of sp³-hybridized carbons (Fsp3) is 0.500. The van der Waals surface area contributed by atoms with Gasteiger partial charge in [-0.1, -0.05) is 12.1 Å². The average molecular weight is 346 g/mol. The van der Waals surface area contributed by atoms with Crippen molar-refractivity contribution in [2.45, 2.75) is 19.5 Å². The van der Waals surface area contributed by atoms with Crippen LogP contribution in [0.5, 0.6) is 0 Å². The van der Waals surface area contributed by atoms with E-state index in [1.54, 1.807) is 43.1 Å². The first-order valence-corrected chi connectivity index (χ1v) is 8.99. The number of para-hydroxylation sites is 2. The van der Waals surface area contributed by atoms with Crippen molar-refractivity contribution in [1.82, 2.24) is 19.2 Å². The van der Waals surface area contributed by atoms with Gasteiger partial charge in [0.15, 0.2) is 0 Å². The Balaban J connectivity index is 2.23. The molecule has 0 bridgehead atoms. The van der Waals surface area contributed by atoms with Gasteiger partial charge in [-0.2, -0.15) is 8.78 Å². The molecule has 9 heteroatoms. The van der Waals surface area contributed by atoms with Crippen LogP contribution in [-0.4, -0.2) is 49.3 Å². The minimum absolute atomic E-state index is 0.203. The molecule has 0 unspecified atom stereocenters. The van der Waals surface area contributed by atoms with E-state index in [2.05, 4.69) is 9.71 Å². The lowest BCUT2D eigenvalue weighted by molar-refractivity contribution is 0.0662. The Kier molecular flexibility index (Phi) is 5.33. The van der Waals surface area contributed by atoms with Crippen molar-refractivity contribution >= 4 is 21.1 Å². The predicted molar refractivity (Wildman–Crippen MR) is 84.9 cm³/mol. The Bertz CT molecular complexity index is 776. The van der Waals surface area contributed by atoms with E-state index < -0.39 is 22.6 Å². The molecule has 1 N–H and O–H groups in total. The van der Waals surface area contributed by atoms with E-state index in [-0.39, 0.29) is 12.4 Å². The highest BCUT2D eigenvalue weighted by Crippen LogP contribution is 2.28. The number of hydrogen-bond acceptors (Lipinski definition) is 4. The molecule has 0 amide bonds. The molecule has 128 valence electrons. The summed E-state index contributed by atoms with van der Waals surface area (Å²) in [6, 6.07) is 6.35. The molecular formula is C14H20F2N4O2S. The molecule has 1 aromatic heterocycles. The van der Waals surface area contributed by atoms with Crippen molar-refractivity contribution < 1.29 is 17.2 Å². The van der Waals surface area contributed by atoms with Crippen molar-refractivity contribution in [1.29, 1.82) is 0 Å². The zero-order valence-corrected chi connectivity index (χ0v) is 14.0. The van der Waals surface area contributed by atoms with E-state index in [9.17, 15) is 17.2 Å².